The molecule has 1 aromatic heterocycles. The van der Waals surface area contributed by atoms with Gasteiger partial charge in [-0.2, -0.15) is 0 Å². The number of nitrogens with two attached hydrogens (primary N) is 1. The first kappa shape index (κ1) is 9.19. The zero-order chi connectivity index (χ0) is 8.27. The third kappa shape index (κ3) is 2.56. The summed E-state index contributed by atoms with van der Waals surface area (Å²) in [6.45, 7) is 2.66. The summed E-state index contributed by atoms with van der Waals surface area (Å²) in [4.78, 5) is 5.85. The molecule has 0 aromatic carbocycles. The fourth-order valence-corrected chi connectivity index (χ4v) is 2.28. The second kappa shape index (κ2) is 4.21. The van der Waals surface area contributed by atoms with E-state index in [0.29, 0.717) is 12.5 Å². The maximum Gasteiger partial charge on any atom is 0.0753 e. The third-order valence-electron chi connectivity index (χ3n) is 1.43. The van der Waals surface area contributed by atoms with Gasteiger partial charge in [0.05, 0.1) is 10.4 Å². The zero-order valence-electron chi connectivity index (χ0n) is 6.21. The third-order valence-corrected chi connectivity index (χ3v) is 3.28. The Bertz CT molecular complexity index is 226. The topological polar surface area (TPSA) is 35.2 Å². The van der Waals surface area contributed by atoms with Gasteiger partial charge in [0.25, 0.3) is 0 Å². The van der Waals surface area contributed by atoms with Crippen LogP contribution in [0.4, 0.5) is 0 Å². The Morgan fingerprint density at radius 1 is 1.73 bits per heavy atom. The Morgan fingerprint density at radius 3 is 2.91 bits per heavy atom. The molecule has 0 amide bonds. The minimum atomic E-state index is 0.385. The van der Waals surface area contributed by atoms with Crippen molar-refractivity contribution in [3.8, 4) is 0 Å². The van der Waals surface area contributed by atoms with E-state index in [1.165, 1.54) is 4.88 Å². The molecule has 1 unspecified atom stereocenters. The molecule has 4 heteroatoms. The van der Waals surface area contributed by atoms with Gasteiger partial charge < -0.3 is 4.84 Å². The number of rotatable bonds is 3. The van der Waals surface area contributed by atoms with E-state index in [1.807, 2.05) is 6.07 Å². The fraction of sp³-hybridized carbons (Fsp3) is 0.429. The molecule has 2 nitrogen and oxygen atoms in total. The molecule has 1 atom stereocenters. The largest absolute Gasteiger partial charge is 0.304 e. The summed E-state index contributed by atoms with van der Waals surface area (Å²) in [5.74, 6) is 5.35. The lowest BCUT2D eigenvalue weighted by molar-refractivity contribution is 0.127. The van der Waals surface area contributed by atoms with E-state index in [2.05, 4.69) is 33.8 Å². The van der Waals surface area contributed by atoms with Crippen LogP contribution in [0.2, 0.25) is 0 Å². The van der Waals surface area contributed by atoms with Gasteiger partial charge in [0, 0.05) is 10.8 Å². The smallest absolute Gasteiger partial charge is 0.0753 e. The molecule has 0 aliphatic carbocycles. The zero-order valence-corrected chi connectivity index (χ0v) is 8.61. The van der Waals surface area contributed by atoms with E-state index in [4.69, 9.17) is 5.90 Å². The summed E-state index contributed by atoms with van der Waals surface area (Å²) in [6.07, 6.45) is 0. The van der Waals surface area contributed by atoms with Crippen LogP contribution in [0.15, 0.2) is 15.9 Å². The first-order valence-electron chi connectivity index (χ1n) is 3.31. The standard InChI is InChI=1S/C7H10BrNOS/c1-5(4-10-9)6-2-3-7(8)11-6/h2-3,5H,4,9H2,1H3. The van der Waals surface area contributed by atoms with E-state index in [1.54, 1.807) is 11.3 Å². The van der Waals surface area contributed by atoms with Crippen molar-refractivity contribution in [2.24, 2.45) is 5.90 Å². The highest BCUT2D eigenvalue weighted by molar-refractivity contribution is 9.11. The van der Waals surface area contributed by atoms with E-state index < -0.39 is 0 Å². The molecule has 2 N–H and O–H groups in total. The van der Waals surface area contributed by atoms with Gasteiger partial charge in [0.15, 0.2) is 0 Å². The van der Waals surface area contributed by atoms with Crippen molar-refractivity contribution in [2.45, 2.75) is 12.8 Å². The summed E-state index contributed by atoms with van der Waals surface area (Å²) < 4.78 is 1.15. The summed E-state index contributed by atoms with van der Waals surface area (Å²) >= 11 is 5.11. The Hall–Kier alpha value is 0.1000. The van der Waals surface area contributed by atoms with Gasteiger partial charge in [-0.15, -0.1) is 11.3 Å². The van der Waals surface area contributed by atoms with Gasteiger partial charge in [-0.1, -0.05) is 6.92 Å². The van der Waals surface area contributed by atoms with E-state index in [0.717, 1.165) is 3.79 Å². The van der Waals surface area contributed by atoms with Gasteiger partial charge in [-0.3, -0.25) is 0 Å². The molecule has 0 bridgehead atoms. The fourth-order valence-electron chi connectivity index (χ4n) is 0.820. The second-order valence-corrected chi connectivity index (χ2v) is 4.87. The Kier molecular flexibility index (Phi) is 3.51. The van der Waals surface area contributed by atoms with Crippen molar-refractivity contribution >= 4 is 27.3 Å². The number of thiophene rings is 1. The van der Waals surface area contributed by atoms with Crippen molar-refractivity contribution in [3.05, 3.63) is 20.8 Å². The molecule has 1 aromatic rings. The van der Waals surface area contributed by atoms with E-state index >= 15 is 0 Å². The van der Waals surface area contributed by atoms with Crippen LogP contribution in [0, 0.1) is 0 Å². The van der Waals surface area contributed by atoms with Crippen molar-refractivity contribution in [1.29, 1.82) is 0 Å². The van der Waals surface area contributed by atoms with Crippen molar-refractivity contribution in [3.63, 3.8) is 0 Å². The number of hydrogen-bond donors (Lipinski definition) is 1. The van der Waals surface area contributed by atoms with Crippen LogP contribution in [0.25, 0.3) is 0 Å². The Labute approximate surface area is 78.4 Å². The summed E-state index contributed by atoms with van der Waals surface area (Å²) in [5.41, 5.74) is 0. The molecule has 0 radical (unpaired) electrons. The van der Waals surface area contributed by atoms with Gasteiger partial charge in [-0.05, 0) is 28.1 Å². The van der Waals surface area contributed by atoms with Crippen LogP contribution < -0.4 is 5.90 Å². The SMILES string of the molecule is CC(CON)c1ccc(Br)s1. The highest BCUT2D eigenvalue weighted by Crippen LogP contribution is 2.28. The first-order chi connectivity index (χ1) is 5.24. The van der Waals surface area contributed by atoms with Gasteiger partial charge in [0.1, 0.15) is 0 Å². The van der Waals surface area contributed by atoms with Crippen LogP contribution in [0.5, 0.6) is 0 Å². The minimum Gasteiger partial charge on any atom is -0.304 e. The predicted octanol–water partition coefficient (Wildman–Crippen LogP) is 2.50. The lowest BCUT2D eigenvalue weighted by atomic mass is 10.2. The molecule has 0 aliphatic rings. The maximum absolute atomic E-state index is 4.97. The molecule has 1 heterocycles. The van der Waals surface area contributed by atoms with Crippen LogP contribution in [0.3, 0.4) is 0 Å². The monoisotopic (exact) mass is 235 g/mol. The van der Waals surface area contributed by atoms with Crippen LogP contribution in [-0.2, 0) is 4.84 Å². The minimum absolute atomic E-state index is 0.385. The van der Waals surface area contributed by atoms with Crippen LogP contribution in [-0.4, -0.2) is 6.61 Å². The van der Waals surface area contributed by atoms with Gasteiger partial charge in [-0.25, -0.2) is 5.90 Å². The van der Waals surface area contributed by atoms with Gasteiger partial charge in [0.2, 0.25) is 0 Å². The highest BCUT2D eigenvalue weighted by Gasteiger charge is 2.06. The molecule has 1 rings (SSSR count). The molecule has 0 aliphatic heterocycles. The van der Waals surface area contributed by atoms with Crippen molar-refractivity contribution in [2.75, 3.05) is 6.61 Å². The molecule has 0 saturated heterocycles. The van der Waals surface area contributed by atoms with Gasteiger partial charge >= 0.3 is 0 Å². The molecule has 0 saturated carbocycles. The summed E-state index contributed by atoms with van der Waals surface area (Å²) in [7, 11) is 0. The van der Waals surface area contributed by atoms with Crippen LogP contribution >= 0.6 is 27.3 Å². The number of halogens is 1. The average molecular weight is 236 g/mol. The second-order valence-electron chi connectivity index (χ2n) is 2.38. The normalized spacial score (nSPS) is 13.4. The quantitative estimate of drug-likeness (QED) is 0.818. The maximum atomic E-state index is 4.97. The van der Waals surface area contributed by atoms with E-state index in [9.17, 15) is 0 Å². The van der Waals surface area contributed by atoms with Crippen molar-refractivity contribution in [1.82, 2.24) is 0 Å². The Morgan fingerprint density at radius 2 is 2.45 bits per heavy atom. The molecule has 0 spiro atoms. The lowest BCUT2D eigenvalue weighted by Gasteiger charge is -2.05. The average Bonchev–Trinajstić information content (AvgIpc) is 2.36. The van der Waals surface area contributed by atoms with Crippen LogP contribution in [0.1, 0.15) is 17.7 Å². The van der Waals surface area contributed by atoms with Crippen molar-refractivity contribution < 1.29 is 4.84 Å². The summed E-state index contributed by atoms with van der Waals surface area (Å²) in [6, 6.07) is 4.12. The predicted molar refractivity (Wildman–Crippen MR) is 50.6 cm³/mol. The molecule has 0 fully saturated rings. The highest BCUT2D eigenvalue weighted by atomic mass is 79.9. The lowest BCUT2D eigenvalue weighted by Crippen LogP contribution is -2.07. The summed E-state index contributed by atoms with van der Waals surface area (Å²) in [5, 5.41) is 0. The molecule has 62 valence electrons. The molecule has 11 heavy (non-hydrogen) atoms. The molecular weight excluding hydrogens is 226 g/mol. The molecular formula is C7H10BrNOS. The van der Waals surface area contributed by atoms with E-state index in [-0.39, 0.29) is 0 Å². The Balaban J connectivity index is 2.60. The first-order valence-corrected chi connectivity index (χ1v) is 4.92. The number of hydrogen-bond acceptors (Lipinski definition) is 3.